The van der Waals surface area contributed by atoms with Gasteiger partial charge in [0.05, 0.1) is 0 Å². The van der Waals surface area contributed by atoms with Crippen molar-refractivity contribution >= 4 is 17.3 Å². The second-order valence-corrected chi connectivity index (χ2v) is 5.70. The number of hydrogen-bond donors (Lipinski definition) is 0. The van der Waals surface area contributed by atoms with Gasteiger partial charge in [0.25, 0.3) is 0 Å². The molecule has 0 saturated carbocycles. The molecule has 104 valence electrons. The molecule has 4 atom stereocenters. The van der Waals surface area contributed by atoms with Gasteiger partial charge in [-0.15, -0.1) is 0 Å². The number of Topliss-reactive ketones (excluding diaryl/α,β-unsaturated/α-hetero) is 3. The summed E-state index contributed by atoms with van der Waals surface area (Å²) in [5.74, 6) is 0.0499. The predicted octanol–water partition coefficient (Wildman–Crippen LogP) is 3.06. The van der Waals surface area contributed by atoms with Crippen LogP contribution in [-0.2, 0) is 14.4 Å². The third-order valence-electron chi connectivity index (χ3n) is 3.77. The van der Waals surface area contributed by atoms with Crippen LogP contribution < -0.4 is 0 Å². The fraction of sp³-hybridized carbons (Fsp3) is 0.800. The first-order chi connectivity index (χ1) is 8.16. The summed E-state index contributed by atoms with van der Waals surface area (Å²) in [5, 5.41) is 0. The Morgan fingerprint density at radius 3 is 1.17 bits per heavy atom. The summed E-state index contributed by atoms with van der Waals surface area (Å²) in [7, 11) is 0. The SMILES string of the molecule is CC(=O)C(C)CC(C)C(=O)C(C)CC(C)C(C)=O. The molecule has 0 fully saturated rings. The van der Waals surface area contributed by atoms with Crippen molar-refractivity contribution in [1.82, 2.24) is 0 Å². The van der Waals surface area contributed by atoms with E-state index < -0.39 is 0 Å². The molecule has 0 bridgehead atoms. The Morgan fingerprint density at radius 2 is 0.944 bits per heavy atom. The number of carbonyl (C=O) groups is 3. The van der Waals surface area contributed by atoms with Gasteiger partial charge in [-0.1, -0.05) is 27.7 Å². The maximum Gasteiger partial charge on any atom is 0.138 e. The normalized spacial score (nSPS) is 17.7. The lowest BCUT2D eigenvalue weighted by atomic mass is 9.83. The summed E-state index contributed by atoms with van der Waals surface area (Å²) in [6.07, 6.45) is 1.21. The standard InChI is InChI=1S/C15H26O3/c1-9(13(5)16)7-11(3)15(18)12(4)8-10(2)14(6)17/h9-12H,7-8H2,1-6H3. The minimum atomic E-state index is -0.113. The predicted molar refractivity (Wildman–Crippen MR) is 72.3 cm³/mol. The summed E-state index contributed by atoms with van der Waals surface area (Å²) in [5.41, 5.74) is 0. The zero-order valence-electron chi connectivity index (χ0n) is 12.4. The molecule has 0 N–H and O–H groups in total. The summed E-state index contributed by atoms with van der Waals surface area (Å²) < 4.78 is 0. The first-order valence-electron chi connectivity index (χ1n) is 6.71. The van der Waals surface area contributed by atoms with Gasteiger partial charge < -0.3 is 0 Å². The molecule has 4 unspecified atom stereocenters. The fourth-order valence-corrected chi connectivity index (χ4v) is 2.11. The Morgan fingerprint density at radius 1 is 0.667 bits per heavy atom. The van der Waals surface area contributed by atoms with Crippen molar-refractivity contribution in [2.75, 3.05) is 0 Å². The largest absolute Gasteiger partial charge is 0.300 e. The molecule has 0 radical (unpaired) electrons. The highest BCUT2D eigenvalue weighted by Gasteiger charge is 2.25. The Labute approximate surface area is 110 Å². The number of rotatable bonds is 8. The van der Waals surface area contributed by atoms with Gasteiger partial charge in [-0.25, -0.2) is 0 Å². The van der Waals surface area contributed by atoms with Gasteiger partial charge in [-0.3, -0.25) is 14.4 Å². The molecular formula is C15H26O3. The van der Waals surface area contributed by atoms with Gasteiger partial charge in [0.1, 0.15) is 17.3 Å². The third-order valence-corrected chi connectivity index (χ3v) is 3.77. The molecule has 0 aromatic carbocycles. The van der Waals surface area contributed by atoms with E-state index in [1.807, 2.05) is 27.7 Å². The summed E-state index contributed by atoms with van der Waals surface area (Å²) in [4.78, 5) is 34.5. The van der Waals surface area contributed by atoms with Gasteiger partial charge >= 0.3 is 0 Å². The van der Waals surface area contributed by atoms with Gasteiger partial charge in [0.2, 0.25) is 0 Å². The van der Waals surface area contributed by atoms with Crippen molar-refractivity contribution < 1.29 is 14.4 Å². The van der Waals surface area contributed by atoms with E-state index in [4.69, 9.17) is 0 Å². The van der Waals surface area contributed by atoms with Crippen LogP contribution in [0.3, 0.4) is 0 Å². The first-order valence-corrected chi connectivity index (χ1v) is 6.71. The van der Waals surface area contributed by atoms with Crippen LogP contribution in [-0.4, -0.2) is 17.3 Å². The van der Waals surface area contributed by atoms with Crippen LogP contribution >= 0.6 is 0 Å². The number of ketones is 3. The van der Waals surface area contributed by atoms with Gasteiger partial charge in [0, 0.05) is 23.7 Å². The van der Waals surface area contributed by atoms with Crippen LogP contribution in [0.25, 0.3) is 0 Å². The zero-order valence-corrected chi connectivity index (χ0v) is 12.4. The van der Waals surface area contributed by atoms with Crippen LogP contribution in [0.4, 0.5) is 0 Å². The lowest BCUT2D eigenvalue weighted by molar-refractivity contribution is -0.128. The van der Waals surface area contributed by atoms with E-state index in [2.05, 4.69) is 0 Å². The van der Waals surface area contributed by atoms with Crippen molar-refractivity contribution in [3.63, 3.8) is 0 Å². The van der Waals surface area contributed by atoms with Crippen molar-refractivity contribution in [1.29, 1.82) is 0 Å². The molecule has 18 heavy (non-hydrogen) atoms. The van der Waals surface area contributed by atoms with Crippen LogP contribution in [0.1, 0.15) is 54.4 Å². The van der Waals surface area contributed by atoms with Crippen LogP contribution in [0.15, 0.2) is 0 Å². The van der Waals surface area contributed by atoms with Crippen LogP contribution in [0.2, 0.25) is 0 Å². The molecule has 3 nitrogen and oxygen atoms in total. The Bertz CT molecular complexity index is 290. The molecule has 0 amide bonds. The van der Waals surface area contributed by atoms with Gasteiger partial charge in [-0.2, -0.15) is 0 Å². The van der Waals surface area contributed by atoms with E-state index in [9.17, 15) is 14.4 Å². The van der Waals surface area contributed by atoms with E-state index >= 15 is 0 Å². The van der Waals surface area contributed by atoms with E-state index in [0.717, 1.165) is 0 Å². The van der Waals surface area contributed by atoms with Crippen LogP contribution in [0.5, 0.6) is 0 Å². The van der Waals surface area contributed by atoms with Crippen molar-refractivity contribution in [2.24, 2.45) is 23.7 Å². The number of carbonyl (C=O) groups excluding carboxylic acids is 3. The fourth-order valence-electron chi connectivity index (χ4n) is 2.11. The quantitative estimate of drug-likeness (QED) is 0.669. The maximum atomic E-state index is 12.1. The van der Waals surface area contributed by atoms with E-state index in [0.29, 0.717) is 12.8 Å². The molecule has 0 aliphatic rings. The highest BCUT2D eigenvalue weighted by molar-refractivity contribution is 5.85. The maximum absolute atomic E-state index is 12.1. The van der Waals surface area contributed by atoms with Crippen molar-refractivity contribution in [3.8, 4) is 0 Å². The third kappa shape index (κ3) is 5.56. The Hall–Kier alpha value is -0.990. The Balaban J connectivity index is 4.37. The second-order valence-electron chi connectivity index (χ2n) is 5.70. The smallest absolute Gasteiger partial charge is 0.138 e. The molecule has 0 saturated heterocycles. The Kier molecular flexibility index (Phi) is 7.04. The highest BCUT2D eigenvalue weighted by atomic mass is 16.1. The summed E-state index contributed by atoms with van der Waals surface area (Å²) >= 11 is 0. The summed E-state index contributed by atoms with van der Waals surface area (Å²) in [6, 6.07) is 0. The molecule has 0 aliphatic carbocycles. The molecule has 0 heterocycles. The molecule has 0 aromatic heterocycles. The van der Waals surface area contributed by atoms with E-state index in [1.165, 1.54) is 0 Å². The lowest BCUT2D eigenvalue weighted by Crippen LogP contribution is -2.25. The lowest BCUT2D eigenvalue weighted by Gasteiger charge is -2.20. The molecular weight excluding hydrogens is 228 g/mol. The number of hydrogen-bond acceptors (Lipinski definition) is 3. The monoisotopic (exact) mass is 254 g/mol. The summed E-state index contributed by atoms with van der Waals surface area (Å²) in [6.45, 7) is 10.6. The molecule has 3 heteroatoms. The topological polar surface area (TPSA) is 51.2 Å². The van der Waals surface area contributed by atoms with Gasteiger partial charge in [0.15, 0.2) is 0 Å². The van der Waals surface area contributed by atoms with E-state index in [-0.39, 0.29) is 41.0 Å². The highest BCUT2D eigenvalue weighted by Crippen LogP contribution is 2.21. The molecule has 0 spiro atoms. The second kappa shape index (κ2) is 7.45. The minimum absolute atomic E-state index is 0.0682. The van der Waals surface area contributed by atoms with E-state index in [1.54, 1.807) is 13.8 Å². The van der Waals surface area contributed by atoms with Crippen LogP contribution in [0, 0.1) is 23.7 Å². The van der Waals surface area contributed by atoms with Crippen molar-refractivity contribution in [3.05, 3.63) is 0 Å². The zero-order chi connectivity index (χ0) is 14.5. The molecule has 0 rings (SSSR count). The average Bonchev–Trinajstić information content (AvgIpc) is 2.27. The molecule has 0 aliphatic heterocycles. The van der Waals surface area contributed by atoms with Gasteiger partial charge in [-0.05, 0) is 26.7 Å². The molecule has 0 aromatic rings. The minimum Gasteiger partial charge on any atom is -0.300 e. The average molecular weight is 254 g/mol. The van der Waals surface area contributed by atoms with Crippen molar-refractivity contribution in [2.45, 2.75) is 54.4 Å². The first kappa shape index (κ1) is 17.0.